The van der Waals surface area contributed by atoms with Crippen LogP contribution in [0.2, 0.25) is 0 Å². The van der Waals surface area contributed by atoms with Gasteiger partial charge in [0.2, 0.25) is 5.96 Å². The van der Waals surface area contributed by atoms with E-state index in [-0.39, 0.29) is 40.5 Å². The highest BCUT2D eigenvalue weighted by Crippen LogP contribution is 2.64. The van der Waals surface area contributed by atoms with Crippen molar-refractivity contribution in [2.45, 2.75) is 133 Å². The van der Waals surface area contributed by atoms with Crippen molar-refractivity contribution in [1.82, 2.24) is 10.6 Å². The molecule has 11 nitrogen and oxygen atoms in total. The summed E-state index contributed by atoms with van der Waals surface area (Å²) in [5.74, 6) is 7.34. The van der Waals surface area contributed by atoms with Crippen molar-refractivity contribution in [3.63, 3.8) is 0 Å². The van der Waals surface area contributed by atoms with Gasteiger partial charge in [-0.05, 0) is 161 Å². The number of likely N-dealkylation sites (N-methyl/N-ethyl adjacent to an activating group) is 1. The van der Waals surface area contributed by atoms with Crippen LogP contribution in [0.15, 0.2) is 47.5 Å². The molecule has 2 aromatic carbocycles. The Morgan fingerprint density at radius 2 is 1.81 bits per heavy atom. The lowest BCUT2D eigenvalue weighted by Crippen LogP contribution is -2.51. The van der Waals surface area contributed by atoms with Crippen LogP contribution in [-0.2, 0) is 21.4 Å². The van der Waals surface area contributed by atoms with Gasteiger partial charge in [-0.15, -0.1) is 0 Å². The van der Waals surface area contributed by atoms with Gasteiger partial charge in [0.1, 0.15) is 5.60 Å². The molecule has 1 aliphatic heterocycles. The number of carbonyl (C=O) groups is 1. The Morgan fingerprint density at radius 3 is 2.59 bits per heavy atom. The number of nitrogens with zero attached hydrogens (tertiary/aromatic N) is 1. The Morgan fingerprint density at radius 1 is 0.984 bits per heavy atom. The summed E-state index contributed by atoms with van der Waals surface area (Å²) >= 11 is 0. The first-order valence-corrected chi connectivity index (χ1v) is 24.0. The summed E-state index contributed by atoms with van der Waals surface area (Å²) in [6.07, 6.45) is 19.3. The number of rotatable bonds is 11. The van der Waals surface area contributed by atoms with E-state index in [2.05, 4.69) is 58.0 Å². The van der Waals surface area contributed by atoms with Crippen LogP contribution in [0.25, 0.3) is 0 Å². The summed E-state index contributed by atoms with van der Waals surface area (Å²) in [5, 5.41) is 43.3. The number of allylic oxidation sites excluding steroid dienone is 2. The van der Waals surface area contributed by atoms with Gasteiger partial charge in [-0.1, -0.05) is 50.7 Å². The third-order valence-electron chi connectivity index (χ3n) is 16.9. The van der Waals surface area contributed by atoms with E-state index in [0.717, 1.165) is 75.3 Å². The molecule has 0 saturated heterocycles. The molecule has 0 aromatic heterocycles. The second-order valence-corrected chi connectivity index (χ2v) is 20.1. The SMILES string of the molecule is CCC1CCC2CC3CCCC34c3cc(c(O)c(OC5(CNC)CCC(CC(O)OC)C5)c3)NC(=NC)NC#CCC3CCCC3(Cc3ccc(O)c(OC)c3)C(=O)C=CC4C2C1. The quantitative estimate of drug-likeness (QED) is 0.0736. The maximum atomic E-state index is 15.4. The van der Waals surface area contributed by atoms with E-state index < -0.39 is 17.3 Å². The Bertz CT molecular complexity index is 2090. The number of ether oxygens (including phenoxy) is 3. The zero-order valence-electron chi connectivity index (χ0n) is 38.3. The zero-order valence-corrected chi connectivity index (χ0v) is 38.3. The number of hydrogen-bond acceptors (Lipinski definition) is 9. The molecule has 11 heteroatoms. The zero-order chi connectivity index (χ0) is 44.4. The molecule has 11 unspecified atom stereocenters. The van der Waals surface area contributed by atoms with Crippen LogP contribution >= 0.6 is 0 Å². The predicted octanol–water partition coefficient (Wildman–Crippen LogP) is 8.61. The van der Waals surface area contributed by atoms with Crippen molar-refractivity contribution in [2.24, 2.45) is 51.8 Å². The van der Waals surface area contributed by atoms with Gasteiger partial charge < -0.3 is 40.2 Å². The lowest BCUT2D eigenvalue weighted by atomic mass is 9.48. The number of anilines is 1. The number of aliphatic hydroxyl groups is 1. The number of aliphatic imine (C=N–C) groups is 1. The first-order chi connectivity index (χ1) is 30.5. The molecule has 0 amide bonds. The van der Waals surface area contributed by atoms with E-state index in [4.69, 9.17) is 14.2 Å². The van der Waals surface area contributed by atoms with Gasteiger partial charge in [0.15, 0.2) is 35.1 Å². The van der Waals surface area contributed by atoms with Crippen molar-refractivity contribution in [1.29, 1.82) is 0 Å². The number of aliphatic hydroxyl groups excluding tert-OH is 1. The molecule has 11 atom stereocenters. The topological polar surface area (TPSA) is 154 Å². The van der Waals surface area contributed by atoms with Gasteiger partial charge in [0, 0.05) is 50.4 Å². The third-order valence-corrected chi connectivity index (χ3v) is 16.9. The van der Waals surface area contributed by atoms with Crippen molar-refractivity contribution in [3.05, 3.63) is 53.6 Å². The summed E-state index contributed by atoms with van der Waals surface area (Å²) in [6.45, 7) is 2.92. The maximum Gasteiger partial charge on any atom is 0.207 e. The van der Waals surface area contributed by atoms with E-state index in [1.807, 2.05) is 25.3 Å². The van der Waals surface area contributed by atoms with Crippen LogP contribution in [0, 0.1) is 58.8 Å². The molecule has 63 heavy (non-hydrogen) atoms. The molecule has 2 bridgehead atoms. The monoisotopic (exact) mass is 865 g/mol. The molecule has 8 rings (SSSR count). The number of phenols is 2. The first kappa shape index (κ1) is 45.3. The number of benzene rings is 2. The fourth-order valence-electron chi connectivity index (χ4n) is 13.8. The number of guanidine groups is 1. The molecule has 2 aromatic rings. The fraction of sp³-hybridized carbons (Fsp3) is 0.654. The molecule has 5 saturated carbocycles. The number of hydrogen-bond donors (Lipinski definition) is 6. The molecule has 6 N–H and O–H groups in total. The molecule has 1 heterocycles. The second kappa shape index (κ2) is 19.1. The second-order valence-electron chi connectivity index (χ2n) is 20.1. The fourth-order valence-corrected chi connectivity index (χ4v) is 13.8. The number of fused-ring (bicyclic) bond motifs is 5. The van der Waals surface area contributed by atoms with Crippen LogP contribution in [0.3, 0.4) is 0 Å². The maximum absolute atomic E-state index is 15.4. The Kier molecular flexibility index (Phi) is 13.7. The number of methoxy groups -OCH3 is 2. The number of ketones is 1. The smallest absolute Gasteiger partial charge is 0.207 e. The van der Waals surface area contributed by atoms with Crippen molar-refractivity contribution >= 4 is 17.4 Å². The Labute approximate surface area is 375 Å². The normalized spacial score (nSPS) is 35.0. The van der Waals surface area contributed by atoms with Gasteiger partial charge >= 0.3 is 0 Å². The van der Waals surface area contributed by atoms with Crippen molar-refractivity contribution < 1.29 is 34.3 Å². The molecular formula is C52H72N4O7. The summed E-state index contributed by atoms with van der Waals surface area (Å²) in [7, 11) is 6.73. The summed E-state index contributed by atoms with van der Waals surface area (Å²) in [5.41, 5.74) is 1.07. The lowest BCUT2D eigenvalue weighted by molar-refractivity contribution is -0.125. The summed E-state index contributed by atoms with van der Waals surface area (Å²) in [6, 6.07) is 12.9. The van der Waals surface area contributed by atoms with Gasteiger partial charge in [0.05, 0.1) is 12.8 Å². The summed E-state index contributed by atoms with van der Waals surface area (Å²) < 4.78 is 18.0. The van der Waals surface area contributed by atoms with Crippen LogP contribution in [-0.4, -0.2) is 73.8 Å². The number of aromatic hydroxyl groups is 2. The van der Waals surface area contributed by atoms with Gasteiger partial charge in [-0.2, -0.15) is 0 Å². The number of carbonyl (C=O) groups excluding carboxylic acids is 1. The number of phenolic OH excluding ortho intramolecular Hbond substituents is 2. The minimum atomic E-state index is -0.834. The third kappa shape index (κ3) is 8.81. The van der Waals surface area contributed by atoms with Crippen molar-refractivity contribution in [3.8, 4) is 35.0 Å². The standard InChI is InChI=1S/C52H72N4O7/c1-6-33-13-15-36-27-38-11-8-21-52(38)39-28-42(48(60)45(29-39)63-50(32-53-2)22-19-35(30-50)26-47(59)62-5)56-49(54-3)55-23-9-12-37-10-7-20-51(37,46(58)18-16-41(52)40(36)24-33)31-34-14-17-43(57)44(25-34)61-4/h14,16-18,25,28-29,33,35-38,40-41,47,53,57,59-60H,6-8,10-13,15,19-22,24,26-27,30-32H2,1-5H3,(H2,54,55,56). The van der Waals surface area contributed by atoms with Gasteiger partial charge in [-0.3, -0.25) is 15.1 Å². The van der Waals surface area contributed by atoms with E-state index in [1.165, 1.54) is 26.4 Å². The molecule has 342 valence electrons. The van der Waals surface area contributed by atoms with Crippen molar-refractivity contribution in [2.75, 3.05) is 40.2 Å². The first-order valence-electron chi connectivity index (χ1n) is 24.0. The van der Waals surface area contributed by atoms with Gasteiger partial charge in [0.25, 0.3) is 0 Å². The van der Waals surface area contributed by atoms with Crippen LogP contribution in [0.4, 0.5) is 5.69 Å². The minimum Gasteiger partial charge on any atom is -0.504 e. The highest BCUT2D eigenvalue weighted by molar-refractivity contribution is 5.97. The van der Waals surface area contributed by atoms with E-state index in [9.17, 15) is 15.3 Å². The van der Waals surface area contributed by atoms with Crippen LogP contribution in [0.1, 0.15) is 121 Å². The highest BCUT2D eigenvalue weighted by Gasteiger charge is 2.58. The van der Waals surface area contributed by atoms with E-state index in [0.29, 0.717) is 79.0 Å². The number of nitrogens with one attached hydrogen (secondary N) is 3. The summed E-state index contributed by atoms with van der Waals surface area (Å²) in [4.78, 5) is 20.0. The van der Waals surface area contributed by atoms with Crippen LogP contribution < -0.4 is 25.4 Å². The lowest BCUT2D eigenvalue weighted by Gasteiger charge is -2.55. The van der Waals surface area contributed by atoms with Crippen LogP contribution in [0.5, 0.6) is 23.0 Å². The highest BCUT2D eigenvalue weighted by atomic mass is 16.6. The molecule has 0 radical (unpaired) electrons. The minimum absolute atomic E-state index is 0.0267. The average molecular weight is 865 g/mol. The molecule has 6 aliphatic rings. The average Bonchev–Trinajstić information content (AvgIpc) is 4.02. The van der Waals surface area contributed by atoms with E-state index >= 15 is 4.79 Å². The molecule has 1 spiro atoms. The Hall–Kier alpha value is -4.24. The molecule has 5 aliphatic carbocycles. The molecule has 5 fully saturated rings. The van der Waals surface area contributed by atoms with E-state index in [1.54, 1.807) is 20.2 Å². The Balaban J connectivity index is 1.28. The largest absolute Gasteiger partial charge is 0.504 e. The predicted molar refractivity (Wildman–Crippen MR) is 247 cm³/mol. The molecular weight excluding hydrogens is 793 g/mol. The van der Waals surface area contributed by atoms with Gasteiger partial charge in [-0.25, -0.2) is 0 Å².